The predicted octanol–water partition coefficient (Wildman–Crippen LogP) is 3.78. The van der Waals surface area contributed by atoms with Gasteiger partial charge in [-0.1, -0.05) is 6.92 Å². The minimum Gasteiger partial charge on any atom is -0.325 e. The lowest BCUT2D eigenvalue weighted by atomic mass is 9.63. The highest BCUT2D eigenvalue weighted by atomic mass is 32.1. The van der Waals surface area contributed by atoms with Gasteiger partial charge in [0, 0.05) is 10.4 Å². The van der Waals surface area contributed by atoms with Gasteiger partial charge in [0.2, 0.25) is 5.91 Å². The topological polar surface area (TPSA) is 52.9 Å². The Morgan fingerprint density at radius 1 is 1.47 bits per heavy atom. The second-order valence-electron chi connectivity index (χ2n) is 5.33. The Kier molecular flexibility index (Phi) is 2.79. The lowest BCUT2D eigenvalue weighted by molar-refractivity contribution is -0.128. The molecule has 0 spiro atoms. The third kappa shape index (κ3) is 2.00. The molecule has 1 aromatic carbocycles. The van der Waals surface area contributed by atoms with Crippen molar-refractivity contribution in [3.8, 4) is 6.07 Å². The van der Waals surface area contributed by atoms with Crippen LogP contribution in [0.5, 0.6) is 0 Å². The quantitative estimate of drug-likeness (QED) is 0.902. The van der Waals surface area contributed by atoms with Crippen molar-refractivity contribution in [3.63, 3.8) is 0 Å². The molecular weight excluding hydrogens is 256 g/mol. The number of amides is 1. The van der Waals surface area contributed by atoms with Crippen LogP contribution in [-0.2, 0) is 4.79 Å². The number of hydrogen-bond acceptors (Lipinski definition) is 3. The van der Waals surface area contributed by atoms with Gasteiger partial charge in [-0.15, -0.1) is 11.3 Å². The summed E-state index contributed by atoms with van der Waals surface area (Å²) in [5, 5.41) is 15.3. The predicted molar refractivity (Wildman–Crippen MR) is 76.9 cm³/mol. The van der Waals surface area contributed by atoms with E-state index < -0.39 is 5.41 Å². The van der Waals surface area contributed by atoms with Crippen molar-refractivity contribution >= 4 is 33.0 Å². The van der Waals surface area contributed by atoms with Gasteiger partial charge in [0.1, 0.15) is 5.41 Å². The van der Waals surface area contributed by atoms with Crippen molar-refractivity contribution in [3.05, 3.63) is 29.6 Å². The number of benzene rings is 1. The fourth-order valence-corrected chi connectivity index (χ4v) is 3.52. The molecule has 1 N–H and O–H groups in total. The molecule has 19 heavy (non-hydrogen) atoms. The van der Waals surface area contributed by atoms with Crippen LogP contribution in [0.1, 0.15) is 19.8 Å². The van der Waals surface area contributed by atoms with E-state index in [1.54, 1.807) is 11.3 Å². The molecule has 4 heteroatoms. The fraction of sp³-hybridized carbons (Fsp3) is 0.333. The summed E-state index contributed by atoms with van der Waals surface area (Å²) in [7, 11) is 0. The van der Waals surface area contributed by atoms with Crippen LogP contribution in [0.2, 0.25) is 0 Å². The van der Waals surface area contributed by atoms with Crippen LogP contribution < -0.4 is 5.32 Å². The third-order valence-electron chi connectivity index (χ3n) is 3.75. The number of hydrogen-bond donors (Lipinski definition) is 1. The summed E-state index contributed by atoms with van der Waals surface area (Å²) in [6.45, 7) is 2.07. The molecule has 0 bridgehead atoms. The molecule has 3 nitrogen and oxygen atoms in total. The number of anilines is 1. The molecule has 1 aromatic heterocycles. The van der Waals surface area contributed by atoms with E-state index in [1.165, 1.54) is 4.70 Å². The number of thiophene rings is 1. The van der Waals surface area contributed by atoms with Crippen LogP contribution in [-0.4, -0.2) is 5.91 Å². The van der Waals surface area contributed by atoms with E-state index >= 15 is 0 Å². The zero-order valence-corrected chi connectivity index (χ0v) is 11.5. The number of fused-ring (bicyclic) bond motifs is 1. The summed E-state index contributed by atoms with van der Waals surface area (Å²) in [5.74, 6) is 0.299. The van der Waals surface area contributed by atoms with Crippen LogP contribution in [0, 0.1) is 22.7 Å². The van der Waals surface area contributed by atoms with Gasteiger partial charge in [-0.25, -0.2) is 0 Å². The molecular formula is C15H14N2OS. The lowest BCUT2D eigenvalue weighted by Gasteiger charge is -2.39. The monoisotopic (exact) mass is 270 g/mol. The van der Waals surface area contributed by atoms with E-state index in [9.17, 15) is 10.1 Å². The standard InChI is InChI=1S/C15H14N2OS/c1-10-7-15(8-10,9-16)14(18)17-12-2-3-13-11(6-12)4-5-19-13/h2-6,10H,7-8H2,1H3,(H,17,18). The molecule has 0 radical (unpaired) electrons. The normalized spacial score (nSPS) is 25.6. The Hall–Kier alpha value is -1.86. The first-order valence-electron chi connectivity index (χ1n) is 6.33. The maximum Gasteiger partial charge on any atom is 0.244 e. The lowest BCUT2D eigenvalue weighted by Crippen LogP contribution is -2.45. The van der Waals surface area contributed by atoms with Crippen LogP contribution in [0.15, 0.2) is 29.6 Å². The molecule has 1 aliphatic rings. The molecule has 1 fully saturated rings. The Bertz CT molecular complexity index is 677. The summed E-state index contributed by atoms with van der Waals surface area (Å²) in [4.78, 5) is 12.2. The van der Waals surface area contributed by atoms with Crippen LogP contribution in [0.3, 0.4) is 0 Å². The number of carbonyl (C=O) groups is 1. The highest BCUT2D eigenvalue weighted by Gasteiger charge is 2.48. The van der Waals surface area contributed by atoms with E-state index in [1.807, 2.05) is 29.6 Å². The molecule has 0 atom stereocenters. The Morgan fingerprint density at radius 2 is 2.26 bits per heavy atom. The highest BCUT2D eigenvalue weighted by molar-refractivity contribution is 7.17. The average Bonchev–Trinajstić information content (AvgIpc) is 2.81. The smallest absolute Gasteiger partial charge is 0.244 e. The molecule has 0 aliphatic heterocycles. The minimum absolute atomic E-state index is 0.164. The minimum atomic E-state index is -0.816. The van der Waals surface area contributed by atoms with E-state index in [0.717, 1.165) is 11.1 Å². The van der Waals surface area contributed by atoms with Gasteiger partial charge >= 0.3 is 0 Å². The molecule has 0 saturated heterocycles. The molecule has 0 unspecified atom stereocenters. The summed E-state index contributed by atoms with van der Waals surface area (Å²) < 4.78 is 1.20. The highest BCUT2D eigenvalue weighted by Crippen LogP contribution is 2.45. The van der Waals surface area contributed by atoms with Crippen molar-refractivity contribution in [1.29, 1.82) is 5.26 Å². The van der Waals surface area contributed by atoms with Crippen molar-refractivity contribution < 1.29 is 4.79 Å². The molecule has 1 heterocycles. The Balaban J connectivity index is 1.81. The van der Waals surface area contributed by atoms with Gasteiger partial charge in [-0.3, -0.25) is 4.79 Å². The van der Waals surface area contributed by atoms with E-state index in [2.05, 4.69) is 18.3 Å². The Morgan fingerprint density at radius 3 is 2.95 bits per heavy atom. The zero-order valence-electron chi connectivity index (χ0n) is 10.6. The summed E-state index contributed by atoms with van der Waals surface area (Å²) in [5.41, 5.74) is -0.0479. The maximum atomic E-state index is 12.2. The number of carbonyl (C=O) groups excluding carboxylic acids is 1. The average molecular weight is 270 g/mol. The summed E-state index contributed by atoms with van der Waals surface area (Å²) in [6.07, 6.45) is 1.33. The SMILES string of the molecule is CC1CC(C#N)(C(=O)Nc2ccc3sccc3c2)C1. The number of nitrogens with zero attached hydrogens (tertiary/aromatic N) is 1. The van der Waals surface area contributed by atoms with E-state index in [-0.39, 0.29) is 5.91 Å². The van der Waals surface area contributed by atoms with Gasteiger partial charge in [0.05, 0.1) is 6.07 Å². The second-order valence-corrected chi connectivity index (χ2v) is 6.28. The molecule has 1 aliphatic carbocycles. The number of nitriles is 1. The summed E-state index contributed by atoms with van der Waals surface area (Å²) >= 11 is 1.68. The van der Waals surface area contributed by atoms with E-state index in [4.69, 9.17) is 0 Å². The van der Waals surface area contributed by atoms with Gasteiger partial charge in [-0.05, 0) is 53.8 Å². The van der Waals surface area contributed by atoms with Crippen molar-refractivity contribution in [2.75, 3.05) is 5.32 Å². The van der Waals surface area contributed by atoms with Crippen LogP contribution in [0.4, 0.5) is 5.69 Å². The first-order chi connectivity index (χ1) is 9.13. The second kappa shape index (κ2) is 4.36. The van der Waals surface area contributed by atoms with Crippen molar-refractivity contribution in [2.24, 2.45) is 11.3 Å². The van der Waals surface area contributed by atoms with Gasteiger partial charge in [0.25, 0.3) is 0 Å². The molecule has 2 aromatic rings. The van der Waals surface area contributed by atoms with Crippen LogP contribution in [0.25, 0.3) is 10.1 Å². The van der Waals surface area contributed by atoms with Crippen molar-refractivity contribution in [1.82, 2.24) is 0 Å². The molecule has 3 rings (SSSR count). The first-order valence-corrected chi connectivity index (χ1v) is 7.21. The third-order valence-corrected chi connectivity index (χ3v) is 4.65. The molecule has 1 amide bonds. The van der Waals surface area contributed by atoms with E-state index in [0.29, 0.717) is 18.8 Å². The zero-order chi connectivity index (χ0) is 13.5. The fourth-order valence-electron chi connectivity index (χ4n) is 2.75. The molecule has 96 valence electrons. The van der Waals surface area contributed by atoms with Gasteiger partial charge in [-0.2, -0.15) is 5.26 Å². The largest absolute Gasteiger partial charge is 0.325 e. The first kappa shape index (κ1) is 12.2. The summed E-state index contributed by atoms with van der Waals surface area (Å²) in [6, 6.07) is 10.1. The van der Waals surface area contributed by atoms with Crippen molar-refractivity contribution in [2.45, 2.75) is 19.8 Å². The number of rotatable bonds is 2. The number of nitrogens with one attached hydrogen (secondary N) is 1. The Labute approximate surface area is 115 Å². The molecule has 1 saturated carbocycles. The van der Waals surface area contributed by atoms with Crippen LogP contribution >= 0.6 is 11.3 Å². The van der Waals surface area contributed by atoms with Gasteiger partial charge < -0.3 is 5.32 Å². The van der Waals surface area contributed by atoms with Gasteiger partial charge in [0.15, 0.2) is 0 Å². The maximum absolute atomic E-state index is 12.2.